The monoisotopic (exact) mass is 444 g/mol. The molecule has 31 heavy (non-hydrogen) atoms. The van der Waals surface area contributed by atoms with E-state index in [1.165, 1.54) is 11.3 Å². The number of ether oxygens (including phenoxy) is 1. The maximum absolute atomic E-state index is 13.4. The first-order valence-electron chi connectivity index (χ1n) is 9.67. The molecule has 1 aliphatic rings. The number of nitrogens with zero attached hydrogens (tertiary/aromatic N) is 2. The van der Waals surface area contributed by atoms with Crippen molar-refractivity contribution in [3.8, 4) is 5.75 Å². The molecular formula is C25H17ClN2O2S. The van der Waals surface area contributed by atoms with E-state index in [2.05, 4.69) is 0 Å². The number of anilines is 1. The number of amides is 1. The van der Waals surface area contributed by atoms with E-state index in [0.29, 0.717) is 28.0 Å². The lowest BCUT2D eigenvalue weighted by molar-refractivity contribution is -0.113. The number of rotatable bonds is 4. The fourth-order valence-corrected chi connectivity index (χ4v) is 5.00. The lowest BCUT2D eigenvalue weighted by Crippen LogP contribution is -2.32. The zero-order valence-corrected chi connectivity index (χ0v) is 18.2. The Bertz CT molecular complexity index is 1340. The molecule has 0 saturated heterocycles. The average molecular weight is 445 g/mol. The van der Waals surface area contributed by atoms with Crippen LogP contribution in [0.5, 0.6) is 5.75 Å². The average Bonchev–Trinajstić information content (AvgIpc) is 3.31. The van der Waals surface area contributed by atoms with Gasteiger partial charge in [-0.1, -0.05) is 60.1 Å². The second kappa shape index (κ2) is 8.02. The lowest BCUT2D eigenvalue weighted by atomic mass is 10.2. The summed E-state index contributed by atoms with van der Waals surface area (Å²) in [4.78, 5) is 20.6. The van der Waals surface area contributed by atoms with Crippen LogP contribution in [0.2, 0.25) is 5.02 Å². The van der Waals surface area contributed by atoms with Crippen molar-refractivity contribution >= 4 is 56.5 Å². The van der Waals surface area contributed by atoms with E-state index in [4.69, 9.17) is 21.3 Å². The number of benzene rings is 3. The Hall–Kier alpha value is -3.41. The molecular weight excluding hydrogens is 428 g/mol. The summed E-state index contributed by atoms with van der Waals surface area (Å²) in [6.07, 6.45) is 1.80. The smallest absolute Gasteiger partial charge is 0.282 e. The number of hydrogen-bond donors (Lipinski definition) is 0. The molecule has 1 aromatic heterocycles. The Morgan fingerprint density at radius 1 is 0.968 bits per heavy atom. The Labute approximate surface area is 188 Å². The summed E-state index contributed by atoms with van der Waals surface area (Å²) < 4.78 is 6.31. The molecule has 0 bridgehead atoms. The summed E-state index contributed by atoms with van der Waals surface area (Å²) in [5.74, 6) is 1.05. The quantitative estimate of drug-likeness (QED) is 0.342. The molecule has 0 aliphatic carbocycles. The third kappa shape index (κ3) is 3.52. The van der Waals surface area contributed by atoms with Crippen molar-refractivity contribution in [3.63, 3.8) is 0 Å². The van der Waals surface area contributed by atoms with Gasteiger partial charge in [0.15, 0.2) is 5.84 Å². The van der Waals surface area contributed by atoms with Gasteiger partial charge in [0.2, 0.25) is 0 Å². The Balaban J connectivity index is 1.67. The highest BCUT2D eigenvalue weighted by atomic mass is 35.5. The number of aliphatic imine (C=N–C) groups is 1. The van der Waals surface area contributed by atoms with Crippen molar-refractivity contribution in [2.24, 2.45) is 4.99 Å². The van der Waals surface area contributed by atoms with Gasteiger partial charge in [0.1, 0.15) is 11.4 Å². The van der Waals surface area contributed by atoms with Gasteiger partial charge in [0.05, 0.1) is 22.7 Å². The van der Waals surface area contributed by atoms with Crippen LogP contribution in [0.4, 0.5) is 5.69 Å². The number of methoxy groups -OCH3 is 1. The highest BCUT2D eigenvalue weighted by Crippen LogP contribution is 2.39. The molecule has 0 radical (unpaired) electrons. The van der Waals surface area contributed by atoms with Crippen molar-refractivity contribution in [3.05, 3.63) is 100 Å². The number of fused-ring (bicyclic) bond motifs is 1. The molecule has 0 saturated carbocycles. The molecule has 5 rings (SSSR count). The fourth-order valence-electron chi connectivity index (χ4n) is 3.50. The largest absolute Gasteiger partial charge is 0.497 e. The minimum atomic E-state index is -0.197. The van der Waals surface area contributed by atoms with E-state index < -0.39 is 0 Å². The highest BCUT2D eigenvalue weighted by Gasteiger charge is 2.34. The normalized spacial score (nSPS) is 15.0. The maximum atomic E-state index is 13.4. The second-order valence-corrected chi connectivity index (χ2v) is 8.39. The fraction of sp³-hybridized carbons (Fsp3) is 0.0400. The van der Waals surface area contributed by atoms with E-state index in [1.54, 1.807) is 18.1 Å². The summed E-state index contributed by atoms with van der Waals surface area (Å²) in [7, 11) is 1.61. The Kier molecular flexibility index (Phi) is 5.06. The molecule has 1 aliphatic heterocycles. The van der Waals surface area contributed by atoms with E-state index in [0.717, 1.165) is 20.5 Å². The molecule has 2 heterocycles. The Morgan fingerprint density at radius 3 is 2.39 bits per heavy atom. The van der Waals surface area contributed by atoms with Gasteiger partial charge < -0.3 is 4.74 Å². The number of thiophene rings is 1. The number of hydrogen-bond acceptors (Lipinski definition) is 4. The van der Waals surface area contributed by atoms with Crippen molar-refractivity contribution in [1.29, 1.82) is 0 Å². The van der Waals surface area contributed by atoms with E-state index in [-0.39, 0.29) is 5.91 Å². The molecule has 4 aromatic rings. The number of carbonyl (C=O) groups excluding carboxylic acids is 1. The molecule has 152 valence electrons. The zero-order valence-electron chi connectivity index (χ0n) is 16.6. The highest BCUT2D eigenvalue weighted by molar-refractivity contribution is 7.21. The van der Waals surface area contributed by atoms with Crippen LogP contribution in [-0.4, -0.2) is 18.9 Å². The van der Waals surface area contributed by atoms with Gasteiger partial charge in [0.25, 0.3) is 5.91 Å². The summed E-state index contributed by atoms with van der Waals surface area (Å²) >= 11 is 8.27. The minimum Gasteiger partial charge on any atom is -0.497 e. The summed E-state index contributed by atoms with van der Waals surface area (Å²) in [5.41, 5.74) is 1.98. The number of amidine groups is 1. The molecule has 1 amide bonds. The lowest BCUT2D eigenvalue weighted by Gasteiger charge is -2.18. The van der Waals surface area contributed by atoms with E-state index in [9.17, 15) is 4.79 Å². The number of halogens is 1. The van der Waals surface area contributed by atoms with Gasteiger partial charge in [-0.05, 0) is 42.0 Å². The zero-order chi connectivity index (χ0) is 21.4. The van der Waals surface area contributed by atoms with Crippen LogP contribution >= 0.6 is 22.9 Å². The first kappa shape index (κ1) is 19.5. The van der Waals surface area contributed by atoms with Crippen LogP contribution in [0.15, 0.2) is 89.6 Å². The van der Waals surface area contributed by atoms with Gasteiger partial charge in [-0.3, -0.25) is 9.69 Å². The summed E-state index contributed by atoms with van der Waals surface area (Å²) in [6.45, 7) is 0. The van der Waals surface area contributed by atoms with Gasteiger partial charge in [-0.15, -0.1) is 11.3 Å². The predicted molar refractivity (Wildman–Crippen MR) is 128 cm³/mol. The van der Waals surface area contributed by atoms with Crippen molar-refractivity contribution in [2.75, 3.05) is 12.0 Å². The number of carbonyl (C=O) groups is 1. The van der Waals surface area contributed by atoms with Gasteiger partial charge in [-0.25, -0.2) is 4.99 Å². The van der Waals surface area contributed by atoms with Crippen LogP contribution in [-0.2, 0) is 4.79 Å². The van der Waals surface area contributed by atoms with Crippen molar-refractivity contribution < 1.29 is 9.53 Å². The minimum absolute atomic E-state index is 0.197. The van der Waals surface area contributed by atoms with E-state index >= 15 is 0 Å². The van der Waals surface area contributed by atoms with Crippen LogP contribution in [0, 0.1) is 0 Å². The standard InChI is InChI=1S/C25H17ClN2O2S/c1-30-18-13-11-17(12-14-18)28-24(23-22(26)19-9-5-6-10-21(19)31-23)27-20(25(28)29)15-16-7-3-2-4-8-16/h2-15H,1H3/b20-15+. The third-order valence-corrected chi connectivity index (χ3v) is 6.70. The van der Waals surface area contributed by atoms with E-state index in [1.807, 2.05) is 78.9 Å². The van der Waals surface area contributed by atoms with Crippen LogP contribution in [0.1, 0.15) is 10.4 Å². The summed E-state index contributed by atoms with van der Waals surface area (Å²) in [5, 5.41) is 1.56. The first-order valence-corrected chi connectivity index (χ1v) is 10.9. The first-order chi connectivity index (χ1) is 15.2. The summed E-state index contributed by atoms with van der Waals surface area (Å²) in [6, 6.07) is 25.0. The predicted octanol–water partition coefficient (Wildman–Crippen LogP) is 6.40. The topological polar surface area (TPSA) is 41.9 Å². The van der Waals surface area contributed by atoms with Crippen LogP contribution in [0.25, 0.3) is 16.2 Å². The molecule has 0 fully saturated rings. The molecule has 3 aromatic carbocycles. The molecule has 4 nitrogen and oxygen atoms in total. The third-order valence-electron chi connectivity index (χ3n) is 5.03. The van der Waals surface area contributed by atoms with Crippen LogP contribution < -0.4 is 9.64 Å². The van der Waals surface area contributed by atoms with Gasteiger partial charge >= 0.3 is 0 Å². The second-order valence-electron chi connectivity index (χ2n) is 6.96. The van der Waals surface area contributed by atoms with Crippen molar-refractivity contribution in [1.82, 2.24) is 0 Å². The van der Waals surface area contributed by atoms with Crippen molar-refractivity contribution in [2.45, 2.75) is 0 Å². The maximum Gasteiger partial charge on any atom is 0.282 e. The Morgan fingerprint density at radius 2 is 1.68 bits per heavy atom. The molecule has 0 spiro atoms. The molecule has 0 atom stereocenters. The van der Waals surface area contributed by atoms with Crippen LogP contribution in [0.3, 0.4) is 0 Å². The van der Waals surface area contributed by atoms with Gasteiger partial charge in [-0.2, -0.15) is 0 Å². The molecule has 6 heteroatoms. The van der Waals surface area contributed by atoms with Gasteiger partial charge in [0, 0.05) is 10.1 Å². The SMILES string of the molecule is COc1ccc(N2C(=O)/C(=C\c3ccccc3)N=C2c2sc3ccccc3c2Cl)cc1. The molecule has 0 unspecified atom stereocenters. The molecule has 0 N–H and O–H groups in total.